The van der Waals surface area contributed by atoms with Gasteiger partial charge < -0.3 is 5.73 Å². The second kappa shape index (κ2) is 7.77. The van der Waals surface area contributed by atoms with Crippen LogP contribution in [-0.4, -0.2) is 15.8 Å². The van der Waals surface area contributed by atoms with Crippen molar-refractivity contribution in [2.75, 3.05) is 0 Å². The molecule has 2 rings (SSSR count). The van der Waals surface area contributed by atoms with Crippen LogP contribution < -0.4 is 5.73 Å². The Labute approximate surface area is 137 Å². The van der Waals surface area contributed by atoms with Gasteiger partial charge in [0.2, 0.25) is 0 Å². The summed E-state index contributed by atoms with van der Waals surface area (Å²) in [6, 6.07) is 0.357. The van der Waals surface area contributed by atoms with E-state index in [1.54, 1.807) is 0 Å². The van der Waals surface area contributed by atoms with Crippen LogP contribution >= 0.6 is 15.9 Å². The molecule has 0 aliphatic heterocycles. The largest absolute Gasteiger partial charge is 0.327 e. The second-order valence-electron chi connectivity index (χ2n) is 6.47. The lowest BCUT2D eigenvalue weighted by molar-refractivity contribution is 0.218. The lowest BCUT2D eigenvalue weighted by atomic mass is 9.75. The molecule has 1 fully saturated rings. The van der Waals surface area contributed by atoms with Crippen LogP contribution in [0.5, 0.6) is 0 Å². The zero-order chi connectivity index (χ0) is 15.4. The molecule has 1 aromatic rings. The summed E-state index contributed by atoms with van der Waals surface area (Å²) in [4.78, 5) is 0. The number of nitrogens with two attached hydrogens (primary N) is 1. The average Bonchev–Trinajstić information content (AvgIpc) is 2.79. The van der Waals surface area contributed by atoms with Crippen molar-refractivity contribution in [2.45, 2.75) is 78.3 Å². The van der Waals surface area contributed by atoms with Crippen LogP contribution in [0, 0.1) is 11.8 Å². The SMILES string of the molecule is CCCC1CCC(N)C(Cc2c(Br)c(CC)nn2CC)C1. The van der Waals surface area contributed by atoms with Crippen molar-refractivity contribution in [1.29, 1.82) is 0 Å². The van der Waals surface area contributed by atoms with Gasteiger partial charge in [0.25, 0.3) is 0 Å². The molecule has 1 heterocycles. The first-order valence-electron chi connectivity index (χ1n) is 8.60. The number of aromatic nitrogens is 2. The van der Waals surface area contributed by atoms with E-state index in [0.29, 0.717) is 12.0 Å². The Bertz CT molecular complexity index is 455. The number of aryl methyl sites for hydroxylation is 2. The van der Waals surface area contributed by atoms with E-state index in [-0.39, 0.29) is 0 Å². The molecule has 0 saturated heterocycles. The predicted octanol–water partition coefficient (Wildman–Crippen LogP) is 4.31. The van der Waals surface area contributed by atoms with Crippen molar-refractivity contribution < 1.29 is 0 Å². The molecule has 21 heavy (non-hydrogen) atoms. The van der Waals surface area contributed by atoms with Gasteiger partial charge in [-0.15, -0.1) is 0 Å². The van der Waals surface area contributed by atoms with Gasteiger partial charge in [-0.3, -0.25) is 4.68 Å². The minimum atomic E-state index is 0.357. The fourth-order valence-corrected chi connectivity index (χ4v) is 4.48. The summed E-state index contributed by atoms with van der Waals surface area (Å²) >= 11 is 3.77. The van der Waals surface area contributed by atoms with E-state index in [2.05, 4.69) is 41.4 Å². The van der Waals surface area contributed by atoms with Gasteiger partial charge in [-0.05, 0) is 66.8 Å². The maximum absolute atomic E-state index is 6.42. The normalized spacial score (nSPS) is 26.2. The van der Waals surface area contributed by atoms with Crippen LogP contribution in [0.4, 0.5) is 0 Å². The van der Waals surface area contributed by atoms with Crippen molar-refractivity contribution >= 4 is 15.9 Å². The van der Waals surface area contributed by atoms with Crippen molar-refractivity contribution in [3.05, 3.63) is 15.9 Å². The lowest BCUT2D eigenvalue weighted by Crippen LogP contribution is -2.37. The summed E-state index contributed by atoms with van der Waals surface area (Å²) in [5.41, 5.74) is 8.96. The van der Waals surface area contributed by atoms with E-state index in [1.165, 1.54) is 48.0 Å². The van der Waals surface area contributed by atoms with Crippen LogP contribution in [0.1, 0.15) is 64.3 Å². The van der Waals surface area contributed by atoms with Gasteiger partial charge in [0.05, 0.1) is 15.9 Å². The summed E-state index contributed by atoms with van der Waals surface area (Å²) < 4.78 is 3.38. The Kier molecular flexibility index (Phi) is 6.30. The molecule has 1 aliphatic rings. The van der Waals surface area contributed by atoms with Crippen molar-refractivity contribution in [3.63, 3.8) is 0 Å². The second-order valence-corrected chi connectivity index (χ2v) is 7.27. The van der Waals surface area contributed by atoms with Gasteiger partial charge in [-0.2, -0.15) is 5.10 Å². The van der Waals surface area contributed by atoms with Gasteiger partial charge in [-0.1, -0.05) is 26.7 Å². The number of halogens is 1. The van der Waals surface area contributed by atoms with E-state index in [0.717, 1.165) is 25.3 Å². The molecule has 4 heteroatoms. The van der Waals surface area contributed by atoms with Crippen LogP contribution in [0.25, 0.3) is 0 Å². The predicted molar refractivity (Wildman–Crippen MR) is 92.4 cm³/mol. The van der Waals surface area contributed by atoms with E-state index in [9.17, 15) is 0 Å². The van der Waals surface area contributed by atoms with Crippen molar-refractivity contribution in [1.82, 2.24) is 9.78 Å². The van der Waals surface area contributed by atoms with Gasteiger partial charge in [0.1, 0.15) is 0 Å². The molecule has 3 nitrogen and oxygen atoms in total. The monoisotopic (exact) mass is 355 g/mol. The molecule has 3 unspecified atom stereocenters. The molecule has 1 saturated carbocycles. The van der Waals surface area contributed by atoms with Crippen molar-refractivity contribution in [3.8, 4) is 0 Å². The highest BCUT2D eigenvalue weighted by atomic mass is 79.9. The lowest BCUT2D eigenvalue weighted by Gasteiger charge is -2.34. The Morgan fingerprint density at radius 2 is 2.05 bits per heavy atom. The third-order valence-corrected chi connectivity index (χ3v) is 5.91. The first kappa shape index (κ1) is 17.0. The molecule has 0 aromatic carbocycles. The Balaban J connectivity index is 2.14. The van der Waals surface area contributed by atoms with Gasteiger partial charge in [0, 0.05) is 12.6 Å². The van der Waals surface area contributed by atoms with Crippen LogP contribution in [-0.2, 0) is 19.4 Å². The third-order valence-electron chi connectivity index (χ3n) is 5.00. The number of hydrogen-bond acceptors (Lipinski definition) is 2. The molecule has 120 valence electrons. The number of nitrogens with zero attached hydrogens (tertiary/aromatic N) is 2. The summed E-state index contributed by atoms with van der Waals surface area (Å²) in [7, 11) is 0. The molecule has 0 radical (unpaired) electrons. The molecule has 1 aromatic heterocycles. The van der Waals surface area contributed by atoms with Gasteiger partial charge >= 0.3 is 0 Å². The third kappa shape index (κ3) is 3.89. The van der Waals surface area contributed by atoms with Crippen LogP contribution in [0.3, 0.4) is 0 Å². The topological polar surface area (TPSA) is 43.8 Å². The standard InChI is InChI=1S/C17H30BrN3/c1-4-7-12-8-9-14(19)13(10-12)11-16-17(18)15(5-2)20-21(16)6-3/h12-14H,4-11,19H2,1-3H3. The van der Waals surface area contributed by atoms with E-state index in [4.69, 9.17) is 10.8 Å². The zero-order valence-corrected chi connectivity index (χ0v) is 15.3. The summed E-state index contributed by atoms with van der Waals surface area (Å²) in [6.45, 7) is 7.57. The fourth-order valence-electron chi connectivity index (χ4n) is 3.75. The number of hydrogen-bond donors (Lipinski definition) is 1. The maximum Gasteiger partial charge on any atom is 0.0766 e. The van der Waals surface area contributed by atoms with E-state index < -0.39 is 0 Å². The van der Waals surface area contributed by atoms with Gasteiger partial charge in [0.15, 0.2) is 0 Å². The summed E-state index contributed by atoms with van der Waals surface area (Å²) in [5.74, 6) is 1.49. The Morgan fingerprint density at radius 1 is 1.29 bits per heavy atom. The highest BCUT2D eigenvalue weighted by Gasteiger charge is 2.29. The zero-order valence-electron chi connectivity index (χ0n) is 13.7. The Morgan fingerprint density at radius 3 is 2.67 bits per heavy atom. The van der Waals surface area contributed by atoms with Gasteiger partial charge in [-0.25, -0.2) is 0 Å². The van der Waals surface area contributed by atoms with Crippen LogP contribution in [0.2, 0.25) is 0 Å². The average molecular weight is 356 g/mol. The van der Waals surface area contributed by atoms with E-state index >= 15 is 0 Å². The van der Waals surface area contributed by atoms with E-state index in [1.807, 2.05) is 0 Å². The highest BCUT2D eigenvalue weighted by molar-refractivity contribution is 9.10. The molecular formula is C17H30BrN3. The first-order valence-corrected chi connectivity index (χ1v) is 9.39. The first-order chi connectivity index (χ1) is 10.1. The maximum atomic E-state index is 6.42. The minimum Gasteiger partial charge on any atom is -0.327 e. The smallest absolute Gasteiger partial charge is 0.0766 e. The highest BCUT2D eigenvalue weighted by Crippen LogP contribution is 2.35. The fraction of sp³-hybridized carbons (Fsp3) is 0.824. The molecule has 2 N–H and O–H groups in total. The molecule has 1 aliphatic carbocycles. The quantitative estimate of drug-likeness (QED) is 0.825. The summed E-state index contributed by atoms with van der Waals surface area (Å²) in [6.07, 6.45) is 8.50. The minimum absolute atomic E-state index is 0.357. The molecule has 0 bridgehead atoms. The molecule has 0 amide bonds. The Hall–Kier alpha value is -0.350. The summed E-state index contributed by atoms with van der Waals surface area (Å²) in [5, 5.41) is 4.72. The number of rotatable bonds is 6. The van der Waals surface area contributed by atoms with Crippen molar-refractivity contribution in [2.24, 2.45) is 17.6 Å². The molecule has 3 atom stereocenters. The molecule has 0 spiro atoms. The van der Waals surface area contributed by atoms with Crippen LogP contribution in [0.15, 0.2) is 4.47 Å². The molecular weight excluding hydrogens is 326 g/mol.